The van der Waals surface area contributed by atoms with Gasteiger partial charge in [-0.2, -0.15) is 0 Å². The summed E-state index contributed by atoms with van der Waals surface area (Å²) in [7, 11) is 0. The molecule has 2 rings (SSSR count). The largest absolute Gasteiger partial charge is 0.375 e. The molecule has 0 N–H and O–H groups in total. The highest BCUT2D eigenvalue weighted by Gasteiger charge is 2.37. The van der Waals surface area contributed by atoms with Crippen LogP contribution in [0.15, 0.2) is 12.7 Å². The van der Waals surface area contributed by atoms with Gasteiger partial charge in [0.2, 0.25) is 0 Å². The van der Waals surface area contributed by atoms with Gasteiger partial charge in [-0.3, -0.25) is 4.79 Å². The van der Waals surface area contributed by atoms with E-state index >= 15 is 0 Å². The van der Waals surface area contributed by atoms with Crippen LogP contribution in [0.4, 0.5) is 0 Å². The normalized spacial score (nSPS) is 32.6. The fourth-order valence-electron chi connectivity index (χ4n) is 2.91. The number of ketones is 1. The predicted octanol–water partition coefficient (Wildman–Crippen LogP) is 3.26. The second kappa shape index (κ2) is 5.62. The molecular formula is C14H22O2. The quantitative estimate of drug-likeness (QED) is 0.509. The molecule has 0 saturated carbocycles. The lowest BCUT2D eigenvalue weighted by molar-refractivity contribution is -0.128. The Bertz CT molecular complexity index is 247. The Morgan fingerprint density at radius 3 is 2.56 bits per heavy atom. The van der Waals surface area contributed by atoms with Gasteiger partial charge in [-0.05, 0) is 44.9 Å². The lowest BCUT2D eigenvalue weighted by Gasteiger charge is -2.27. The summed E-state index contributed by atoms with van der Waals surface area (Å²) in [4.78, 5) is 12.0. The van der Waals surface area contributed by atoms with Crippen molar-refractivity contribution in [3.05, 3.63) is 12.7 Å². The second-order valence-electron chi connectivity index (χ2n) is 5.13. The van der Waals surface area contributed by atoms with Crippen molar-refractivity contribution in [2.24, 2.45) is 5.92 Å². The number of fused-ring (bicyclic) bond motifs is 2. The van der Waals surface area contributed by atoms with Crippen molar-refractivity contribution in [1.29, 1.82) is 0 Å². The molecule has 90 valence electrons. The average Bonchev–Trinajstić information content (AvgIpc) is 2.63. The van der Waals surface area contributed by atoms with Gasteiger partial charge in [0.25, 0.3) is 0 Å². The fourth-order valence-corrected chi connectivity index (χ4v) is 2.91. The van der Waals surface area contributed by atoms with Crippen LogP contribution in [0.5, 0.6) is 0 Å². The van der Waals surface area contributed by atoms with Crippen LogP contribution in [0, 0.1) is 5.92 Å². The van der Waals surface area contributed by atoms with E-state index in [1.54, 1.807) is 0 Å². The van der Waals surface area contributed by atoms with Crippen LogP contribution in [-0.2, 0) is 9.53 Å². The summed E-state index contributed by atoms with van der Waals surface area (Å²) < 4.78 is 5.76. The molecule has 2 unspecified atom stereocenters. The number of carbonyl (C=O) groups excluding carboxylic acids is 1. The van der Waals surface area contributed by atoms with Gasteiger partial charge in [0.1, 0.15) is 5.78 Å². The van der Waals surface area contributed by atoms with E-state index in [0.29, 0.717) is 23.9 Å². The number of hydrogen-bond donors (Lipinski definition) is 0. The SMILES string of the molecule is C=CCCCCC(=O)C1CC2CCC(C1)O2. The third-order valence-electron chi connectivity index (χ3n) is 3.83. The zero-order valence-corrected chi connectivity index (χ0v) is 9.99. The Balaban J connectivity index is 1.71. The lowest BCUT2D eigenvalue weighted by Crippen LogP contribution is -2.29. The summed E-state index contributed by atoms with van der Waals surface area (Å²) in [5.41, 5.74) is 0. The van der Waals surface area contributed by atoms with Gasteiger partial charge in [-0.1, -0.05) is 6.08 Å². The minimum absolute atomic E-state index is 0.301. The van der Waals surface area contributed by atoms with Crippen molar-refractivity contribution in [3.63, 3.8) is 0 Å². The van der Waals surface area contributed by atoms with Crippen molar-refractivity contribution in [2.75, 3.05) is 0 Å². The highest BCUT2D eigenvalue weighted by atomic mass is 16.5. The van der Waals surface area contributed by atoms with Gasteiger partial charge in [0.05, 0.1) is 12.2 Å². The van der Waals surface area contributed by atoms with E-state index in [2.05, 4.69) is 6.58 Å². The Morgan fingerprint density at radius 2 is 1.94 bits per heavy atom. The maximum absolute atomic E-state index is 12.0. The molecule has 2 fully saturated rings. The van der Waals surface area contributed by atoms with E-state index in [4.69, 9.17) is 4.74 Å². The maximum atomic E-state index is 12.0. The van der Waals surface area contributed by atoms with Gasteiger partial charge in [0.15, 0.2) is 0 Å². The van der Waals surface area contributed by atoms with Crippen LogP contribution in [0.1, 0.15) is 51.4 Å². The van der Waals surface area contributed by atoms with E-state index in [-0.39, 0.29) is 0 Å². The first-order chi connectivity index (χ1) is 7.79. The topological polar surface area (TPSA) is 26.3 Å². The van der Waals surface area contributed by atoms with Crippen LogP contribution in [0.3, 0.4) is 0 Å². The molecular weight excluding hydrogens is 200 g/mol. The van der Waals surface area contributed by atoms with Crippen LogP contribution >= 0.6 is 0 Å². The van der Waals surface area contributed by atoms with Gasteiger partial charge in [-0.15, -0.1) is 6.58 Å². The Morgan fingerprint density at radius 1 is 1.25 bits per heavy atom. The van der Waals surface area contributed by atoms with E-state index in [0.717, 1.165) is 38.5 Å². The Labute approximate surface area is 98.1 Å². The molecule has 2 atom stereocenters. The van der Waals surface area contributed by atoms with Crippen molar-refractivity contribution in [3.8, 4) is 0 Å². The summed E-state index contributed by atoms with van der Waals surface area (Å²) in [5, 5.41) is 0. The van der Waals surface area contributed by atoms with Gasteiger partial charge in [-0.25, -0.2) is 0 Å². The molecule has 0 radical (unpaired) electrons. The van der Waals surface area contributed by atoms with Crippen molar-refractivity contribution in [2.45, 2.75) is 63.6 Å². The Hall–Kier alpha value is -0.630. The molecule has 0 aromatic heterocycles. The summed E-state index contributed by atoms with van der Waals surface area (Å²) in [5.74, 6) is 0.777. The zero-order chi connectivity index (χ0) is 11.4. The summed E-state index contributed by atoms with van der Waals surface area (Å²) >= 11 is 0. The summed E-state index contributed by atoms with van der Waals surface area (Å²) in [6.07, 6.45) is 10.9. The number of unbranched alkanes of at least 4 members (excludes halogenated alkanes) is 2. The van der Waals surface area contributed by atoms with Gasteiger partial charge < -0.3 is 4.74 Å². The third kappa shape index (κ3) is 2.94. The molecule has 0 aliphatic carbocycles. The van der Waals surface area contributed by atoms with Gasteiger partial charge in [0, 0.05) is 12.3 Å². The van der Waals surface area contributed by atoms with E-state index < -0.39 is 0 Å². The molecule has 2 nitrogen and oxygen atoms in total. The summed E-state index contributed by atoms with van der Waals surface area (Å²) in [6, 6.07) is 0. The molecule has 16 heavy (non-hydrogen) atoms. The van der Waals surface area contributed by atoms with Crippen LogP contribution in [0.25, 0.3) is 0 Å². The zero-order valence-electron chi connectivity index (χ0n) is 9.99. The highest BCUT2D eigenvalue weighted by Crippen LogP contribution is 2.36. The first-order valence-corrected chi connectivity index (χ1v) is 6.58. The second-order valence-corrected chi connectivity index (χ2v) is 5.13. The van der Waals surface area contributed by atoms with Crippen molar-refractivity contribution >= 4 is 5.78 Å². The predicted molar refractivity (Wildman–Crippen MR) is 64.3 cm³/mol. The molecule has 2 heteroatoms. The summed E-state index contributed by atoms with van der Waals surface area (Å²) in [6.45, 7) is 3.69. The van der Waals surface area contributed by atoms with E-state index in [1.807, 2.05) is 6.08 Å². The maximum Gasteiger partial charge on any atom is 0.136 e. The third-order valence-corrected chi connectivity index (χ3v) is 3.83. The fraction of sp³-hybridized carbons (Fsp3) is 0.786. The number of allylic oxidation sites excluding steroid dienone is 1. The van der Waals surface area contributed by atoms with Crippen LogP contribution in [0.2, 0.25) is 0 Å². The van der Waals surface area contributed by atoms with Crippen LogP contribution in [-0.4, -0.2) is 18.0 Å². The molecule has 2 heterocycles. The number of carbonyl (C=O) groups is 1. The monoisotopic (exact) mass is 222 g/mol. The molecule has 2 bridgehead atoms. The molecule has 0 amide bonds. The van der Waals surface area contributed by atoms with Crippen LogP contribution < -0.4 is 0 Å². The molecule has 0 spiro atoms. The average molecular weight is 222 g/mol. The lowest BCUT2D eigenvalue weighted by atomic mass is 9.89. The molecule has 0 aromatic rings. The number of rotatable bonds is 6. The number of hydrogen-bond acceptors (Lipinski definition) is 2. The number of ether oxygens (including phenoxy) is 1. The van der Waals surface area contributed by atoms with E-state index in [9.17, 15) is 4.79 Å². The molecule has 2 saturated heterocycles. The molecule has 2 aliphatic heterocycles. The number of Topliss-reactive ketones (excluding diaryl/α,β-unsaturated/α-hetero) is 1. The molecule has 0 aromatic carbocycles. The smallest absolute Gasteiger partial charge is 0.136 e. The highest BCUT2D eigenvalue weighted by molar-refractivity contribution is 5.81. The van der Waals surface area contributed by atoms with Gasteiger partial charge >= 0.3 is 0 Å². The first kappa shape index (κ1) is 11.8. The standard InChI is InChI=1S/C14H22O2/c1-2-3-4-5-6-14(15)11-9-12-7-8-13(10-11)16-12/h2,11-13H,1,3-10H2. The van der Waals surface area contributed by atoms with E-state index in [1.165, 1.54) is 12.8 Å². The minimum atomic E-state index is 0.301. The molecule has 2 aliphatic rings. The van der Waals surface area contributed by atoms with Crippen molar-refractivity contribution in [1.82, 2.24) is 0 Å². The van der Waals surface area contributed by atoms with Crippen molar-refractivity contribution < 1.29 is 9.53 Å². The minimum Gasteiger partial charge on any atom is -0.375 e. The first-order valence-electron chi connectivity index (χ1n) is 6.58. The Kier molecular flexibility index (Phi) is 4.16.